The number of hydrogen-bond donors (Lipinski definition) is 1. The van der Waals surface area contributed by atoms with Gasteiger partial charge in [0.25, 0.3) is 11.6 Å². The summed E-state index contributed by atoms with van der Waals surface area (Å²) >= 11 is 0. The standard InChI is InChI=1S/C17H15FN2O3/c18-14-5-3-13(4-6-14)17(9-10-17)11-19-16(21)12-1-7-15(8-2-12)20(22)23/h1-8H,9-11H2,(H,19,21). The van der Waals surface area contributed by atoms with Crippen LogP contribution in [0, 0.1) is 15.9 Å². The number of nitrogens with zero attached hydrogens (tertiary/aromatic N) is 1. The predicted molar refractivity (Wildman–Crippen MR) is 82.7 cm³/mol. The number of nitro groups is 1. The van der Waals surface area contributed by atoms with Gasteiger partial charge < -0.3 is 5.32 Å². The Morgan fingerprint density at radius 1 is 1.13 bits per heavy atom. The van der Waals surface area contributed by atoms with Crippen LogP contribution in [-0.4, -0.2) is 17.4 Å². The molecule has 0 radical (unpaired) electrons. The van der Waals surface area contributed by atoms with Crippen LogP contribution >= 0.6 is 0 Å². The molecule has 0 heterocycles. The van der Waals surface area contributed by atoms with Crippen LogP contribution in [0.25, 0.3) is 0 Å². The molecule has 0 aromatic heterocycles. The second kappa shape index (κ2) is 5.79. The van der Waals surface area contributed by atoms with E-state index in [2.05, 4.69) is 5.32 Å². The summed E-state index contributed by atoms with van der Waals surface area (Å²) in [5.41, 5.74) is 1.23. The van der Waals surface area contributed by atoms with E-state index in [1.54, 1.807) is 12.1 Å². The van der Waals surface area contributed by atoms with E-state index in [1.807, 2.05) is 0 Å². The van der Waals surface area contributed by atoms with Crippen LogP contribution in [0.3, 0.4) is 0 Å². The predicted octanol–water partition coefficient (Wildman–Crippen LogP) is 3.20. The first-order valence-corrected chi connectivity index (χ1v) is 7.29. The summed E-state index contributed by atoms with van der Waals surface area (Å²) in [7, 11) is 0. The number of benzene rings is 2. The van der Waals surface area contributed by atoms with Crippen molar-refractivity contribution in [3.05, 3.63) is 75.6 Å². The van der Waals surface area contributed by atoms with E-state index in [1.165, 1.54) is 36.4 Å². The van der Waals surface area contributed by atoms with Crippen molar-refractivity contribution in [2.45, 2.75) is 18.3 Å². The highest BCUT2D eigenvalue weighted by Crippen LogP contribution is 2.47. The van der Waals surface area contributed by atoms with E-state index in [0.29, 0.717) is 12.1 Å². The van der Waals surface area contributed by atoms with E-state index in [0.717, 1.165) is 18.4 Å². The molecular weight excluding hydrogens is 299 g/mol. The third-order valence-electron chi connectivity index (χ3n) is 4.24. The van der Waals surface area contributed by atoms with E-state index in [-0.39, 0.29) is 22.8 Å². The minimum Gasteiger partial charge on any atom is -0.351 e. The molecule has 2 aromatic carbocycles. The van der Waals surface area contributed by atoms with Crippen LogP contribution < -0.4 is 5.32 Å². The highest BCUT2D eigenvalue weighted by atomic mass is 19.1. The molecule has 5 nitrogen and oxygen atoms in total. The first-order valence-electron chi connectivity index (χ1n) is 7.29. The van der Waals surface area contributed by atoms with Crippen LogP contribution in [0.4, 0.5) is 10.1 Å². The Morgan fingerprint density at radius 3 is 2.26 bits per heavy atom. The fourth-order valence-electron chi connectivity index (χ4n) is 2.61. The normalized spacial score (nSPS) is 15.0. The number of hydrogen-bond acceptors (Lipinski definition) is 3. The highest BCUT2D eigenvalue weighted by molar-refractivity contribution is 5.94. The van der Waals surface area contributed by atoms with Crippen molar-refractivity contribution in [3.8, 4) is 0 Å². The molecular formula is C17H15FN2O3. The minimum absolute atomic E-state index is 0.0495. The van der Waals surface area contributed by atoms with E-state index >= 15 is 0 Å². The molecule has 1 aliphatic carbocycles. The summed E-state index contributed by atoms with van der Waals surface area (Å²) in [6, 6.07) is 11.8. The van der Waals surface area contributed by atoms with Crippen LogP contribution in [-0.2, 0) is 5.41 Å². The molecule has 23 heavy (non-hydrogen) atoms. The maximum atomic E-state index is 13.0. The van der Waals surface area contributed by atoms with Crippen molar-refractivity contribution in [2.24, 2.45) is 0 Å². The second-order valence-corrected chi connectivity index (χ2v) is 5.77. The maximum absolute atomic E-state index is 13.0. The van der Waals surface area contributed by atoms with Crippen molar-refractivity contribution in [1.29, 1.82) is 0 Å². The average Bonchev–Trinajstić information content (AvgIpc) is 3.34. The Kier molecular flexibility index (Phi) is 3.82. The third-order valence-corrected chi connectivity index (χ3v) is 4.24. The Labute approximate surface area is 132 Å². The number of amides is 1. The molecule has 118 valence electrons. The van der Waals surface area contributed by atoms with Crippen molar-refractivity contribution >= 4 is 11.6 Å². The summed E-state index contributed by atoms with van der Waals surface area (Å²) in [6.07, 6.45) is 1.89. The molecule has 1 aliphatic rings. The van der Waals surface area contributed by atoms with Gasteiger partial charge in [0.15, 0.2) is 0 Å². The number of halogens is 1. The van der Waals surface area contributed by atoms with Gasteiger partial charge in [0.1, 0.15) is 5.82 Å². The van der Waals surface area contributed by atoms with Gasteiger partial charge in [0, 0.05) is 29.7 Å². The van der Waals surface area contributed by atoms with Crippen LogP contribution in [0.15, 0.2) is 48.5 Å². The second-order valence-electron chi connectivity index (χ2n) is 5.77. The topological polar surface area (TPSA) is 72.2 Å². The summed E-state index contributed by atoms with van der Waals surface area (Å²) in [5, 5.41) is 13.5. The van der Waals surface area contributed by atoms with Crippen LogP contribution in [0.1, 0.15) is 28.8 Å². The van der Waals surface area contributed by atoms with Crippen LogP contribution in [0.2, 0.25) is 0 Å². The molecule has 3 rings (SSSR count). The zero-order valence-corrected chi connectivity index (χ0v) is 12.3. The van der Waals surface area contributed by atoms with Crippen LogP contribution in [0.5, 0.6) is 0 Å². The zero-order chi connectivity index (χ0) is 16.4. The number of carbonyl (C=O) groups excluding carboxylic acids is 1. The van der Waals surface area contributed by atoms with Gasteiger partial charge in [-0.05, 0) is 42.7 Å². The smallest absolute Gasteiger partial charge is 0.269 e. The quantitative estimate of drug-likeness (QED) is 0.680. The van der Waals surface area contributed by atoms with Gasteiger partial charge in [0.2, 0.25) is 0 Å². The van der Waals surface area contributed by atoms with Gasteiger partial charge in [-0.3, -0.25) is 14.9 Å². The lowest BCUT2D eigenvalue weighted by Gasteiger charge is -2.16. The SMILES string of the molecule is O=C(NCC1(c2ccc(F)cc2)CC1)c1ccc([N+](=O)[O-])cc1. The molecule has 0 unspecified atom stereocenters. The number of non-ortho nitro benzene ring substituents is 1. The van der Waals surface area contributed by atoms with E-state index in [9.17, 15) is 19.3 Å². The van der Waals surface area contributed by atoms with Crippen molar-refractivity contribution in [1.82, 2.24) is 5.32 Å². The van der Waals surface area contributed by atoms with Crippen molar-refractivity contribution in [3.63, 3.8) is 0 Å². The minimum atomic E-state index is -0.505. The molecule has 6 heteroatoms. The number of rotatable bonds is 5. The zero-order valence-electron chi connectivity index (χ0n) is 12.3. The van der Waals surface area contributed by atoms with Crippen molar-refractivity contribution in [2.75, 3.05) is 6.54 Å². The summed E-state index contributed by atoms with van der Waals surface area (Å²) < 4.78 is 13.0. The number of carbonyl (C=O) groups is 1. The monoisotopic (exact) mass is 314 g/mol. The number of nitro benzene ring substituents is 1. The lowest BCUT2D eigenvalue weighted by atomic mass is 9.96. The molecule has 1 fully saturated rings. The van der Waals surface area contributed by atoms with Gasteiger partial charge in [0.05, 0.1) is 4.92 Å². The molecule has 1 N–H and O–H groups in total. The van der Waals surface area contributed by atoms with E-state index < -0.39 is 4.92 Å². The fourth-order valence-corrected chi connectivity index (χ4v) is 2.61. The van der Waals surface area contributed by atoms with Gasteiger partial charge in [-0.2, -0.15) is 0 Å². The third kappa shape index (κ3) is 3.21. The largest absolute Gasteiger partial charge is 0.351 e. The first kappa shape index (κ1) is 15.1. The van der Waals surface area contributed by atoms with Gasteiger partial charge >= 0.3 is 0 Å². The molecule has 0 spiro atoms. The van der Waals surface area contributed by atoms with Gasteiger partial charge in [-0.1, -0.05) is 12.1 Å². The molecule has 0 atom stereocenters. The Hall–Kier alpha value is -2.76. The van der Waals surface area contributed by atoms with Crippen molar-refractivity contribution < 1.29 is 14.1 Å². The summed E-state index contributed by atoms with van der Waals surface area (Å²) in [4.78, 5) is 22.2. The van der Waals surface area contributed by atoms with Gasteiger partial charge in [-0.15, -0.1) is 0 Å². The Morgan fingerprint density at radius 2 is 1.74 bits per heavy atom. The Bertz CT molecular complexity index is 737. The lowest BCUT2D eigenvalue weighted by molar-refractivity contribution is -0.384. The molecule has 2 aromatic rings. The van der Waals surface area contributed by atoms with Gasteiger partial charge in [-0.25, -0.2) is 4.39 Å². The molecule has 1 saturated carbocycles. The number of nitrogens with one attached hydrogen (secondary N) is 1. The van der Waals surface area contributed by atoms with E-state index in [4.69, 9.17) is 0 Å². The highest BCUT2D eigenvalue weighted by Gasteiger charge is 2.44. The molecule has 1 amide bonds. The molecule has 0 saturated heterocycles. The Balaban J connectivity index is 1.64. The molecule has 0 aliphatic heterocycles. The molecule has 0 bridgehead atoms. The fraction of sp³-hybridized carbons (Fsp3) is 0.235. The summed E-state index contributed by atoms with van der Waals surface area (Å²) in [5.74, 6) is -0.548. The first-order chi connectivity index (χ1) is 11.0. The maximum Gasteiger partial charge on any atom is 0.269 e. The lowest BCUT2D eigenvalue weighted by Crippen LogP contribution is -2.32. The summed E-state index contributed by atoms with van der Waals surface area (Å²) in [6.45, 7) is 0.467. The average molecular weight is 314 g/mol.